The van der Waals surface area contributed by atoms with Crippen LogP contribution in [-0.2, 0) is 6.42 Å². The number of halogens is 1. The molecule has 1 aromatic heterocycles. The van der Waals surface area contributed by atoms with Crippen LogP contribution in [-0.4, -0.2) is 17.0 Å². The fourth-order valence-corrected chi connectivity index (χ4v) is 2.09. The van der Waals surface area contributed by atoms with Crippen LogP contribution in [0.25, 0.3) is 0 Å². The molecule has 1 atom stereocenters. The van der Waals surface area contributed by atoms with E-state index in [1.54, 1.807) is 12.1 Å². The van der Waals surface area contributed by atoms with Crippen LogP contribution in [0.3, 0.4) is 0 Å². The van der Waals surface area contributed by atoms with Gasteiger partial charge in [0, 0.05) is 25.6 Å². The summed E-state index contributed by atoms with van der Waals surface area (Å²) in [6, 6.07) is 8.41. The standard InChI is InChI=1S/C16H21FN4/c1-4-5-14-20-15(18-3)10-16(21-14)19-11(2)12-6-8-13(17)9-7-12/h6-11H,4-5H2,1-3H3,(H2,18,19,20,21). The molecule has 0 saturated carbocycles. The van der Waals surface area contributed by atoms with Gasteiger partial charge in [-0.15, -0.1) is 0 Å². The molecule has 2 rings (SSSR count). The SMILES string of the molecule is CCCc1nc(NC)cc(NC(C)c2ccc(F)cc2)n1. The largest absolute Gasteiger partial charge is 0.373 e. The third-order valence-corrected chi connectivity index (χ3v) is 3.24. The molecule has 0 fully saturated rings. The Kier molecular flexibility index (Phi) is 5.09. The normalized spacial score (nSPS) is 12.0. The van der Waals surface area contributed by atoms with Crippen molar-refractivity contribution < 1.29 is 4.39 Å². The summed E-state index contributed by atoms with van der Waals surface area (Å²) in [4.78, 5) is 8.94. The predicted molar refractivity (Wildman–Crippen MR) is 84.0 cm³/mol. The number of nitrogens with one attached hydrogen (secondary N) is 2. The molecule has 0 bridgehead atoms. The number of aromatic nitrogens is 2. The summed E-state index contributed by atoms with van der Waals surface area (Å²) in [6.45, 7) is 4.12. The molecule has 0 aliphatic heterocycles. The van der Waals surface area contributed by atoms with Crippen LogP contribution in [0, 0.1) is 5.82 Å². The summed E-state index contributed by atoms with van der Waals surface area (Å²) < 4.78 is 13.0. The molecule has 4 nitrogen and oxygen atoms in total. The Morgan fingerprint density at radius 1 is 1.14 bits per heavy atom. The van der Waals surface area contributed by atoms with Gasteiger partial charge in [0.1, 0.15) is 23.3 Å². The molecule has 2 N–H and O–H groups in total. The van der Waals surface area contributed by atoms with Gasteiger partial charge in [-0.05, 0) is 31.0 Å². The van der Waals surface area contributed by atoms with Gasteiger partial charge < -0.3 is 10.6 Å². The van der Waals surface area contributed by atoms with Gasteiger partial charge in [-0.2, -0.15) is 0 Å². The van der Waals surface area contributed by atoms with Crippen molar-refractivity contribution >= 4 is 11.6 Å². The van der Waals surface area contributed by atoms with Gasteiger partial charge in [-0.3, -0.25) is 0 Å². The minimum Gasteiger partial charge on any atom is -0.373 e. The highest BCUT2D eigenvalue weighted by Crippen LogP contribution is 2.20. The molecule has 0 saturated heterocycles. The Bertz CT molecular complexity index is 583. The highest BCUT2D eigenvalue weighted by molar-refractivity contribution is 5.48. The highest BCUT2D eigenvalue weighted by Gasteiger charge is 2.09. The molecule has 2 aromatic rings. The smallest absolute Gasteiger partial charge is 0.133 e. The van der Waals surface area contributed by atoms with Crippen LogP contribution in [0.15, 0.2) is 30.3 Å². The summed E-state index contributed by atoms with van der Waals surface area (Å²) in [5.41, 5.74) is 1.01. The van der Waals surface area contributed by atoms with Gasteiger partial charge in [0.15, 0.2) is 0 Å². The summed E-state index contributed by atoms with van der Waals surface area (Å²) in [7, 11) is 1.84. The molecule has 1 aromatic carbocycles. The highest BCUT2D eigenvalue weighted by atomic mass is 19.1. The first kappa shape index (κ1) is 15.2. The molecule has 1 heterocycles. The molecule has 0 amide bonds. The van der Waals surface area contributed by atoms with Crippen molar-refractivity contribution in [1.82, 2.24) is 9.97 Å². The number of benzene rings is 1. The van der Waals surface area contributed by atoms with Crippen molar-refractivity contribution in [2.45, 2.75) is 32.7 Å². The first-order valence-corrected chi connectivity index (χ1v) is 7.20. The van der Waals surface area contributed by atoms with Crippen molar-refractivity contribution in [3.63, 3.8) is 0 Å². The van der Waals surface area contributed by atoms with Crippen molar-refractivity contribution in [3.8, 4) is 0 Å². The molecule has 0 spiro atoms. The Morgan fingerprint density at radius 2 is 1.81 bits per heavy atom. The fraction of sp³-hybridized carbons (Fsp3) is 0.375. The zero-order valence-electron chi connectivity index (χ0n) is 12.7. The van der Waals surface area contributed by atoms with Gasteiger partial charge in [0.05, 0.1) is 0 Å². The molecule has 0 aliphatic rings. The van der Waals surface area contributed by atoms with E-state index >= 15 is 0 Å². The van der Waals surface area contributed by atoms with E-state index in [2.05, 4.69) is 27.5 Å². The molecular formula is C16H21FN4. The molecule has 21 heavy (non-hydrogen) atoms. The number of anilines is 2. The topological polar surface area (TPSA) is 49.8 Å². The van der Waals surface area contributed by atoms with Crippen molar-refractivity contribution in [2.75, 3.05) is 17.7 Å². The molecule has 112 valence electrons. The van der Waals surface area contributed by atoms with Gasteiger partial charge in [-0.1, -0.05) is 19.1 Å². The summed E-state index contributed by atoms with van der Waals surface area (Å²) in [5.74, 6) is 2.16. The quantitative estimate of drug-likeness (QED) is 0.849. The lowest BCUT2D eigenvalue weighted by Gasteiger charge is -2.16. The second kappa shape index (κ2) is 7.02. The third kappa shape index (κ3) is 4.15. The molecular weight excluding hydrogens is 267 g/mol. The fourth-order valence-electron chi connectivity index (χ4n) is 2.09. The van der Waals surface area contributed by atoms with E-state index in [1.165, 1.54) is 12.1 Å². The Labute approximate surface area is 124 Å². The molecule has 5 heteroatoms. The first-order valence-electron chi connectivity index (χ1n) is 7.20. The lowest BCUT2D eigenvalue weighted by atomic mass is 10.1. The van der Waals surface area contributed by atoms with Crippen LogP contribution in [0.1, 0.15) is 37.7 Å². The van der Waals surface area contributed by atoms with Gasteiger partial charge in [-0.25, -0.2) is 14.4 Å². The third-order valence-electron chi connectivity index (χ3n) is 3.24. The maximum absolute atomic E-state index is 13.0. The van der Waals surface area contributed by atoms with Gasteiger partial charge in [0.25, 0.3) is 0 Å². The Balaban J connectivity index is 2.17. The Hall–Kier alpha value is -2.17. The second-order valence-electron chi connectivity index (χ2n) is 4.97. The lowest BCUT2D eigenvalue weighted by Crippen LogP contribution is -2.10. The van der Waals surface area contributed by atoms with E-state index in [4.69, 9.17) is 0 Å². The van der Waals surface area contributed by atoms with Gasteiger partial charge >= 0.3 is 0 Å². The first-order chi connectivity index (χ1) is 10.1. The van der Waals surface area contributed by atoms with E-state index < -0.39 is 0 Å². The number of hydrogen-bond donors (Lipinski definition) is 2. The Morgan fingerprint density at radius 3 is 2.43 bits per heavy atom. The monoisotopic (exact) mass is 288 g/mol. The van der Waals surface area contributed by atoms with Gasteiger partial charge in [0.2, 0.25) is 0 Å². The maximum Gasteiger partial charge on any atom is 0.133 e. The summed E-state index contributed by atoms with van der Waals surface area (Å²) >= 11 is 0. The van der Waals surface area contributed by atoms with Crippen LogP contribution in [0.2, 0.25) is 0 Å². The number of rotatable bonds is 6. The molecule has 0 aliphatic carbocycles. The van der Waals surface area contributed by atoms with Crippen LogP contribution < -0.4 is 10.6 Å². The van der Waals surface area contributed by atoms with Crippen molar-refractivity contribution in [3.05, 3.63) is 47.5 Å². The van der Waals surface area contributed by atoms with Crippen LogP contribution in [0.5, 0.6) is 0 Å². The minimum atomic E-state index is -0.226. The van der Waals surface area contributed by atoms with E-state index in [-0.39, 0.29) is 11.9 Å². The van der Waals surface area contributed by atoms with E-state index in [0.29, 0.717) is 0 Å². The molecule has 0 radical (unpaired) electrons. The average Bonchev–Trinajstić information content (AvgIpc) is 2.48. The molecule has 1 unspecified atom stereocenters. The summed E-state index contributed by atoms with van der Waals surface area (Å²) in [5, 5.41) is 6.38. The predicted octanol–water partition coefficient (Wildman–Crippen LogP) is 3.78. The number of hydrogen-bond acceptors (Lipinski definition) is 4. The number of nitrogens with zero attached hydrogens (tertiary/aromatic N) is 2. The zero-order valence-corrected chi connectivity index (χ0v) is 12.7. The van der Waals surface area contributed by atoms with Crippen LogP contribution in [0.4, 0.5) is 16.0 Å². The minimum absolute atomic E-state index is 0.0414. The lowest BCUT2D eigenvalue weighted by molar-refractivity contribution is 0.626. The van der Waals surface area contributed by atoms with E-state index in [0.717, 1.165) is 35.9 Å². The average molecular weight is 288 g/mol. The number of aryl methyl sites for hydroxylation is 1. The summed E-state index contributed by atoms with van der Waals surface area (Å²) in [6.07, 6.45) is 1.84. The maximum atomic E-state index is 13.0. The van der Waals surface area contributed by atoms with E-state index in [9.17, 15) is 4.39 Å². The zero-order chi connectivity index (χ0) is 15.2. The van der Waals surface area contributed by atoms with E-state index in [1.807, 2.05) is 20.0 Å². The second-order valence-corrected chi connectivity index (χ2v) is 4.97. The van der Waals surface area contributed by atoms with Crippen molar-refractivity contribution in [2.24, 2.45) is 0 Å². The van der Waals surface area contributed by atoms with Crippen molar-refractivity contribution in [1.29, 1.82) is 0 Å². The van der Waals surface area contributed by atoms with Crippen LogP contribution >= 0.6 is 0 Å².